The van der Waals surface area contributed by atoms with Crippen molar-refractivity contribution in [2.24, 2.45) is 0 Å². The summed E-state index contributed by atoms with van der Waals surface area (Å²) in [6.45, 7) is 1.43. The molecule has 0 bridgehead atoms. The largest absolute Gasteiger partial charge is 0.481 e. The summed E-state index contributed by atoms with van der Waals surface area (Å²) in [6.07, 6.45) is 9.88. The molecule has 0 aliphatic carbocycles. The van der Waals surface area contributed by atoms with Crippen molar-refractivity contribution in [1.82, 2.24) is 20.7 Å². The van der Waals surface area contributed by atoms with Crippen LogP contribution in [-0.4, -0.2) is 92.4 Å². The summed E-state index contributed by atoms with van der Waals surface area (Å²) < 4.78 is 0. The highest BCUT2D eigenvalue weighted by Gasteiger charge is 2.27. The Balaban J connectivity index is 1.93. The number of hydrogen-bond acceptors (Lipinski definition) is 10. The quantitative estimate of drug-likeness (QED) is 0.0927. The highest BCUT2D eigenvalue weighted by atomic mass is 33.1. The Morgan fingerprint density at radius 2 is 1.14 bits per heavy atom. The zero-order valence-electron chi connectivity index (χ0n) is 20.0. The second-order valence-corrected chi connectivity index (χ2v) is 13.1. The first-order valence-corrected chi connectivity index (χ1v) is 16.5. The van der Waals surface area contributed by atoms with Gasteiger partial charge in [0, 0.05) is 24.3 Å². The molecule has 2 aliphatic rings. The van der Waals surface area contributed by atoms with Crippen LogP contribution in [0.2, 0.25) is 0 Å². The number of carboxylic acid groups (broad SMARTS) is 2. The number of hydrogen-bond donors (Lipinski definition) is 4. The van der Waals surface area contributed by atoms with Crippen LogP contribution in [0.5, 0.6) is 0 Å². The van der Waals surface area contributed by atoms with E-state index in [4.69, 9.17) is 10.2 Å². The number of amides is 2. The van der Waals surface area contributed by atoms with Crippen LogP contribution in [0.15, 0.2) is 24.3 Å². The summed E-state index contributed by atoms with van der Waals surface area (Å²) in [4.78, 5) is 48.5. The summed E-state index contributed by atoms with van der Waals surface area (Å²) in [6, 6.07) is 0. The first kappa shape index (κ1) is 30.9. The third-order valence-electron chi connectivity index (χ3n) is 5.02. The highest BCUT2D eigenvalue weighted by Crippen LogP contribution is 2.29. The summed E-state index contributed by atoms with van der Waals surface area (Å²) >= 11 is 0. The van der Waals surface area contributed by atoms with Crippen molar-refractivity contribution in [3.8, 4) is 0 Å². The molecule has 36 heavy (non-hydrogen) atoms. The van der Waals surface area contributed by atoms with Crippen LogP contribution in [0.3, 0.4) is 0 Å². The molecule has 0 radical (unpaired) electrons. The van der Waals surface area contributed by atoms with E-state index >= 15 is 0 Å². The molecule has 0 aromatic rings. The third-order valence-corrected chi connectivity index (χ3v) is 10.2. The normalized spacial score (nSPS) is 19.1. The maximum Gasteiger partial charge on any atom is 0.305 e. The van der Waals surface area contributed by atoms with E-state index in [0.717, 1.165) is 35.9 Å². The summed E-state index contributed by atoms with van der Waals surface area (Å²) in [5, 5.41) is 27.6. The molecule has 2 heterocycles. The van der Waals surface area contributed by atoms with Gasteiger partial charge >= 0.3 is 11.9 Å². The van der Waals surface area contributed by atoms with E-state index in [1.165, 1.54) is 21.6 Å². The number of aliphatic carboxylic acids is 2. The topological polar surface area (TPSA) is 139 Å². The molecule has 2 amide bonds. The van der Waals surface area contributed by atoms with Crippen molar-refractivity contribution in [2.75, 3.05) is 37.7 Å². The smallest absolute Gasteiger partial charge is 0.305 e. The molecular formula is C22H34N4O6S4. The molecule has 0 fully saturated rings. The fraction of sp³-hybridized carbons (Fsp3) is 0.636. The predicted molar refractivity (Wildman–Crippen MR) is 148 cm³/mol. The van der Waals surface area contributed by atoms with Crippen LogP contribution in [0.1, 0.15) is 38.5 Å². The van der Waals surface area contributed by atoms with Gasteiger partial charge in [-0.3, -0.25) is 29.2 Å². The van der Waals surface area contributed by atoms with Crippen LogP contribution < -0.4 is 10.6 Å². The van der Waals surface area contributed by atoms with E-state index in [-0.39, 0.29) is 49.5 Å². The van der Waals surface area contributed by atoms with Crippen molar-refractivity contribution >= 4 is 66.9 Å². The van der Waals surface area contributed by atoms with Gasteiger partial charge in [0.2, 0.25) is 11.8 Å². The number of carbonyl (C=O) groups excluding carboxylic acids is 2. The van der Waals surface area contributed by atoms with Gasteiger partial charge in [-0.05, 0) is 25.9 Å². The average Bonchev–Trinajstić information content (AvgIpc) is 2.87. The Bertz CT molecular complexity index is 737. The summed E-state index contributed by atoms with van der Waals surface area (Å²) in [5.41, 5.74) is 0. The van der Waals surface area contributed by atoms with Gasteiger partial charge in [0.15, 0.2) is 0 Å². The minimum absolute atomic E-state index is 0.106. The van der Waals surface area contributed by atoms with E-state index in [1.807, 2.05) is 0 Å². The molecule has 14 heteroatoms. The summed E-state index contributed by atoms with van der Waals surface area (Å²) in [7, 11) is 6.25. The lowest BCUT2D eigenvalue weighted by molar-refractivity contribution is -0.166. The van der Waals surface area contributed by atoms with Crippen molar-refractivity contribution in [2.45, 2.75) is 49.3 Å². The van der Waals surface area contributed by atoms with Gasteiger partial charge in [-0.25, -0.2) is 0 Å². The first-order valence-electron chi connectivity index (χ1n) is 11.8. The van der Waals surface area contributed by atoms with Gasteiger partial charge in [0.05, 0.1) is 36.7 Å². The second-order valence-electron chi connectivity index (χ2n) is 7.84. The molecular weight excluding hydrogens is 545 g/mol. The van der Waals surface area contributed by atoms with Gasteiger partial charge in [-0.2, -0.15) is 0 Å². The number of nitrogens with one attached hydrogen (secondary N) is 2. The van der Waals surface area contributed by atoms with Gasteiger partial charge < -0.3 is 20.8 Å². The van der Waals surface area contributed by atoms with Crippen LogP contribution >= 0.6 is 43.2 Å². The molecule has 4 N–H and O–H groups in total. The maximum atomic E-state index is 13.0. The molecule has 2 rings (SSSR count). The fourth-order valence-corrected chi connectivity index (χ4v) is 7.72. The van der Waals surface area contributed by atoms with E-state index in [1.54, 1.807) is 21.6 Å². The zero-order chi connectivity index (χ0) is 26.2. The molecule has 202 valence electrons. The Hall–Kier alpha value is -1.32. The van der Waals surface area contributed by atoms with Crippen molar-refractivity contribution in [3.05, 3.63) is 24.3 Å². The van der Waals surface area contributed by atoms with Crippen LogP contribution in [-0.2, 0) is 19.2 Å². The van der Waals surface area contributed by atoms with Gasteiger partial charge in [0.25, 0.3) is 0 Å². The van der Waals surface area contributed by atoms with Crippen LogP contribution in [0.4, 0.5) is 0 Å². The predicted octanol–water partition coefficient (Wildman–Crippen LogP) is 2.80. The second kappa shape index (κ2) is 18.0. The average molecular weight is 579 g/mol. The lowest BCUT2D eigenvalue weighted by Crippen LogP contribution is -2.51. The monoisotopic (exact) mass is 578 g/mol. The Morgan fingerprint density at radius 1 is 0.722 bits per heavy atom. The highest BCUT2D eigenvalue weighted by molar-refractivity contribution is 8.77. The number of rotatable bonds is 16. The standard InChI is InChI=1S/C22H34N4O6S4/c27-19(9-15-33-35-17-5-1-3-11-23-17)25(13-7-21(29)30)26(14-8-22(31)32)20(28)10-16-34-36-18-6-2-4-12-24-18/h1-2,5-6,17-18,23-24H,3-4,7-16H2,(H,29,30)(H,31,32). The molecule has 0 saturated heterocycles. The van der Waals surface area contributed by atoms with Gasteiger partial charge in [0.1, 0.15) is 0 Å². The minimum atomic E-state index is -1.10. The molecule has 0 aromatic carbocycles. The number of carboxylic acids is 2. The molecule has 10 nitrogen and oxygen atoms in total. The molecule has 0 spiro atoms. The van der Waals surface area contributed by atoms with E-state index in [0.29, 0.717) is 11.5 Å². The molecule has 2 unspecified atom stereocenters. The van der Waals surface area contributed by atoms with Crippen LogP contribution in [0.25, 0.3) is 0 Å². The fourth-order valence-electron chi connectivity index (χ4n) is 3.25. The van der Waals surface area contributed by atoms with Crippen LogP contribution in [0, 0.1) is 0 Å². The first-order chi connectivity index (χ1) is 17.4. The molecule has 2 atom stereocenters. The van der Waals surface area contributed by atoms with Crippen molar-refractivity contribution in [1.29, 1.82) is 0 Å². The number of carbonyl (C=O) groups is 4. The molecule has 2 aliphatic heterocycles. The third kappa shape index (κ3) is 12.8. The maximum absolute atomic E-state index is 13.0. The van der Waals surface area contributed by atoms with E-state index < -0.39 is 23.8 Å². The Labute approximate surface area is 227 Å². The SMILES string of the molecule is O=C(O)CCN(C(=O)CCSSC1C=CCCN1)N(CCC(=O)O)C(=O)CCSSC1C=CCCN1. The van der Waals surface area contributed by atoms with Gasteiger partial charge in [-0.1, -0.05) is 67.5 Å². The summed E-state index contributed by atoms with van der Waals surface area (Å²) in [5.74, 6) is -2.03. The Morgan fingerprint density at radius 3 is 1.47 bits per heavy atom. The number of hydrazine groups is 1. The van der Waals surface area contributed by atoms with Crippen molar-refractivity contribution in [3.63, 3.8) is 0 Å². The molecule has 0 aromatic heterocycles. The Kier molecular flexibility index (Phi) is 15.5. The van der Waals surface area contributed by atoms with Gasteiger partial charge in [-0.15, -0.1) is 0 Å². The van der Waals surface area contributed by atoms with Crippen molar-refractivity contribution < 1.29 is 29.4 Å². The van der Waals surface area contributed by atoms with E-state index in [2.05, 4.69) is 34.9 Å². The molecule has 0 saturated carbocycles. The lowest BCUT2D eigenvalue weighted by Gasteiger charge is -2.34. The lowest BCUT2D eigenvalue weighted by atomic mass is 10.3. The minimum Gasteiger partial charge on any atom is -0.481 e. The zero-order valence-corrected chi connectivity index (χ0v) is 23.3. The van der Waals surface area contributed by atoms with E-state index in [9.17, 15) is 19.2 Å². The number of nitrogens with zero attached hydrogens (tertiary/aromatic N) is 2.